The van der Waals surface area contributed by atoms with Crippen LogP contribution in [0.1, 0.15) is 29.7 Å². The smallest absolute Gasteiger partial charge is 0.254 e. The van der Waals surface area contributed by atoms with Crippen molar-refractivity contribution in [3.05, 3.63) is 81.6 Å². The van der Waals surface area contributed by atoms with E-state index in [-0.39, 0.29) is 11.6 Å². The second-order valence-electron chi connectivity index (χ2n) is 8.56. The first kappa shape index (κ1) is 22.1. The number of aromatic amines is 1. The molecule has 180 valence electrons. The number of halogens is 1. The molecule has 0 fully saturated rings. The Morgan fingerprint density at radius 1 is 1.17 bits per heavy atom. The fourth-order valence-corrected chi connectivity index (χ4v) is 4.82. The highest BCUT2D eigenvalue weighted by atomic mass is 35.5. The van der Waals surface area contributed by atoms with Gasteiger partial charge in [0, 0.05) is 36.9 Å². The quantitative estimate of drug-likeness (QED) is 0.376. The van der Waals surface area contributed by atoms with Crippen molar-refractivity contribution in [3.8, 4) is 28.2 Å². The van der Waals surface area contributed by atoms with E-state index in [4.69, 9.17) is 21.6 Å². The number of benzene rings is 1. The van der Waals surface area contributed by atoms with E-state index in [0.717, 1.165) is 28.2 Å². The zero-order valence-electron chi connectivity index (χ0n) is 19.5. The van der Waals surface area contributed by atoms with Crippen molar-refractivity contribution >= 4 is 17.4 Å². The lowest BCUT2D eigenvalue weighted by atomic mass is 10.1. The Balaban J connectivity index is 1.39. The number of tetrazole rings is 1. The Morgan fingerprint density at radius 3 is 2.81 bits per heavy atom. The van der Waals surface area contributed by atoms with Crippen LogP contribution in [0.5, 0.6) is 0 Å². The molecule has 12 heteroatoms. The lowest BCUT2D eigenvalue weighted by Crippen LogP contribution is -2.25. The Labute approximate surface area is 210 Å². The number of hydrogen-bond acceptors (Lipinski definition) is 8. The summed E-state index contributed by atoms with van der Waals surface area (Å²) in [5.41, 5.74) is 4.38. The van der Waals surface area contributed by atoms with Gasteiger partial charge in [-0.1, -0.05) is 23.2 Å². The number of aryl methyl sites for hydroxylation is 2. The normalized spacial score (nSPS) is 14.7. The second-order valence-corrected chi connectivity index (χ2v) is 8.94. The number of hydrogen-bond donors (Lipinski definition) is 2. The van der Waals surface area contributed by atoms with Gasteiger partial charge in [0.2, 0.25) is 0 Å². The fraction of sp³-hybridized carbons (Fsp3) is 0.208. The maximum absolute atomic E-state index is 13.4. The third kappa shape index (κ3) is 3.73. The molecule has 5 heterocycles. The van der Waals surface area contributed by atoms with Crippen molar-refractivity contribution in [1.82, 2.24) is 44.7 Å². The lowest BCUT2D eigenvalue weighted by Gasteiger charge is -2.14. The van der Waals surface area contributed by atoms with Gasteiger partial charge in [-0.3, -0.25) is 9.36 Å². The van der Waals surface area contributed by atoms with Crippen LogP contribution in [0, 0.1) is 6.92 Å². The number of rotatable bonds is 5. The van der Waals surface area contributed by atoms with Gasteiger partial charge in [-0.05, 0) is 48.0 Å². The number of H-pyrrole nitrogens is 1. The molecule has 0 aliphatic carbocycles. The number of nitrogens with zero attached hydrogens (tertiary/aromatic N) is 8. The molecule has 1 aliphatic rings. The van der Waals surface area contributed by atoms with Crippen LogP contribution in [0.2, 0.25) is 5.15 Å². The summed E-state index contributed by atoms with van der Waals surface area (Å²) in [6.07, 6.45) is 4.54. The van der Waals surface area contributed by atoms with Gasteiger partial charge in [-0.25, -0.2) is 15.0 Å². The van der Waals surface area contributed by atoms with Crippen molar-refractivity contribution < 1.29 is 0 Å². The first-order valence-electron chi connectivity index (χ1n) is 11.4. The minimum atomic E-state index is -0.290. The zero-order valence-corrected chi connectivity index (χ0v) is 20.2. The molecular weight excluding hydrogens is 480 g/mol. The molecule has 1 aliphatic heterocycles. The van der Waals surface area contributed by atoms with Gasteiger partial charge in [0.25, 0.3) is 5.56 Å². The van der Waals surface area contributed by atoms with Crippen LogP contribution in [0.25, 0.3) is 28.2 Å². The first-order valence-corrected chi connectivity index (χ1v) is 11.8. The van der Waals surface area contributed by atoms with E-state index in [1.807, 2.05) is 44.3 Å². The van der Waals surface area contributed by atoms with E-state index in [1.54, 1.807) is 21.5 Å². The number of aromatic nitrogens is 9. The lowest BCUT2D eigenvalue weighted by molar-refractivity contribution is 0.568. The van der Waals surface area contributed by atoms with Crippen LogP contribution >= 0.6 is 11.6 Å². The SMILES string of the molecule is CNc1ccc(-c2nc([C@@H]3CCc4nc(-c5cc(C)ccc5-n5cnnn5)cc(=O)n43)[nH]c2Cl)cn1. The largest absolute Gasteiger partial charge is 0.373 e. The molecule has 0 bridgehead atoms. The monoisotopic (exact) mass is 500 g/mol. The number of fused-ring (bicyclic) bond motifs is 1. The molecule has 1 aromatic carbocycles. The first-order chi connectivity index (χ1) is 17.5. The van der Waals surface area contributed by atoms with Crippen molar-refractivity contribution in [2.75, 3.05) is 12.4 Å². The molecule has 0 amide bonds. The molecular formula is C24H21ClN10O. The summed E-state index contributed by atoms with van der Waals surface area (Å²) < 4.78 is 3.26. The number of anilines is 1. The molecule has 0 saturated carbocycles. The number of pyridine rings is 1. The van der Waals surface area contributed by atoms with E-state index >= 15 is 0 Å². The maximum Gasteiger partial charge on any atom is 0.254 e. The highest BCUT2D eigenvalue weighted by Crippen LogP contribution is 2.34. The van der Waals surface area contributed by atoms with Crippen molar-refractivity contribution in [3.63, 3.8) is 0 Å². The molecule has 5 aromatic rings. The van der Waals surface area contributed by atoms with Gasteiger partial charge in [-0.2, -0.15) is 4.68 Å². The Kier molecular flexibility index (Phi) is 5.33. The molecule has 4 aromatic heterocycles. The number of nitrogens with one attached hydrogen (secondary N) is 2. The molecule has 36 heavy (non-hydrogen) atoms. The summed E-state index contributed by atoms with van der Waals surface area (Å²) in [7, 11) is 1.81. The third-order valence-corrected chi connectivity index (χ3v) is 6.56. The van der Waals surface area contributed by atoms with E-state index in [9.17, 15) is 4.79 Å². The summed E-state index contributed by atoms with van der Waals surface area (Å²) in [6.45, 7) is 1.99. The van der Waals surface area contributed by atoms with Gasteiger partial charge in [0.1, 0.15) is 34.6 Å². The van der Waals surface area contributed by atoms with Crippen molar-refractivity contribution in [2.24, 2.45) is 0 Å². The standard InChI is InChI=1S/C24H21ClN10O/c1-13-3-5-17(34-12-28-32-33-34)15(9-13)16-10-21(36)35-18(6-8-20(35)29-16)24-30-22(23(25)31-24)14-4-7-19(26-2)27-11-14/h3-5,7,9-12,18H,6,8H2,1-2H3,(H,26,27)(H,30,31)/t18-/m0/s1. The van der Waals surface area contributed by atoms with Crippen LogP contribution in [0.4, 0.5) is 5.82 Å². The summed E-state index contributed by atoms with van der Waals surface area (Å²) in [5.74, 6) is 2.06. The Bertz CT molecular complexity index is 1620. The second kappa shape index (κ2) is 8.68. The van der Waals surface area contributed by atoms with Gasteiger partial charge < -0.3 is 10.3 Å². The summed E-state index contributed by atoms with van der Waals surface area (Å²) in [5, 5.41) is 14.9. The fourth-order valence-electron chi connectivity index (χ4n) is 4.57. The molecule has 0 radical (unpaired) electrons. The van der Waals surface area contributed by atoms with E-state index in [1.165, 1.54) is 6.33 Å². The molecule has 11 nitrogen and oxygen atoms in total. The van der Waals surface area contributed by atoms with Crippen LogP contribution in [0.15, 0.2) is 53.7 Å². The highest BCUT2D eigenvalue weighted by molar-refractivity contribution is 6.31. The molecule has 0 spiro atoms. The average molecular weight is 501 g/mol. The van der Waals surface area contributed by atoms with Crippen molar-refractivity contribution in [1.29, 1.82) is 0 Å². The summed E-state index contributed by atoms with van der Waals surface area (Å²) in [6, 6.07) is 10.9. The predicted octanol–water partition coefficient (Wildman–Crippen LogP) is 3.21. The van der Waals surface area contributed by atoms with E-state index in [2.05, 4.69) is 30.8 Å². The zero-order chi connectivity index (χ0) is 24.8. The van der Waals surface area contributed by atoms with E-state index in [0.29, 0.717) is 41.0 Å². The van der Waals surface area contributed by atoms with Gasteiger partial charge in [-0.15, -0.1) is 5.10 Å². The summed E-state index contributed by atoms with van der Waals surface area (Å²) >= 11 is 6.50. The minimum Gasteiger partial charge on any atom is -0.373 e. The minimum absolute atomic E-state index is 0.157. The molecule has 6 rings (SSSR count). The Morgan fingerprint density at radius 2 is 2.06 bits per heavy atom. The van der Waals surface area contributed by atoms with Crippen LogP contribution in [-0.2, 0) is 6.42 Å². The highest BCUT2D eigenvalue weighted by Gasteiger charge is 2.30. The maximum atomic E-state index is 13.4. The average Bonchev–Trinajstić information content (AvgIpc) is 3.64. The van der Waals surface area contributed by atoms with Crippen LogP contribution < -0.4 is 10.9 Å². The Hall–Kier alpha value is -4.38. The summed E-state index contributed by atoms with van der Waals surface area (Å²) in [4.78, 5) is 30.5. The molecule has 0 unspecified atom stereocenters. The van der Waals surface area contributed by atoms with E-state index < -0.39 is 0 Å². The predicted molar refractivity (Wildman–Crippen MR) is 134 cm³/mol. The topological polar surface area (TPSA) is 132 Å². The van der Waals surface area contributed by atoms with Gasteiger partial charge in [0.15, 0.2) is 0 Å². The van der Waals surface area contributed by atoms with Gasteiger partial charge in [0.05, 0.1) is 17.4 Å². The van der Waals surface area contributed by atoms with Gasteiger partial charge >= 0.3 is 0 Å². The number of imidazole rings is 1. The van der Waals surface area contributed by atoms with Crippen LogP contribution in [-0.4, -0.2) is 51.8 Å². The molecule has 2 N–H and O–H groups in total. The molecule has 1 atom stereocenters. The van der Waals surface area contributed by atoms with Crippen LogP contribution in [0.3, 0.4) is 0 Å². The molecule has 0 saturated heterocycles. The third-order valence-electron chi connectivity index (χ3n) is 6.29. The van der Waals surface area contributed by atoms with Crippen molar-refractivity contribution in [2.45, 2.75) is 25.8 Å².